The van der Waals surface area contributed by atoms with E-state index in [2.05, 4.69) is 10.0 Å². The van der Waals surface area contributed by atoms with Crippen LogP contribution in [0.15, 0.2) is 35.2 Å². The first-order valence-electron chi connectivity index (χ1n) is 11.2. The zero-order valence-electron chi connectivity index (χ0n) is 19.8. The number of carbonyl (C=O) groups is 2. The number of sulfonamides is 1. The molecule has 0 radical (unpaired) electrons. The molecule has 0 unspecified atom stereocenters. The number of hydrogen-bond donors (Lipinski definition) is 2. The highest BCUT2D eigenvalue weighted by Crippen LogP contribution is 2.20. The Morgan fingerprint density at radius 2 is 1.88 bits per heavy atom. The monoisotopic (exact) mass is 467 g/mol. The summed E-state index contributed by atoms with van der Waals surface area (Å²) >= 11 is 0. The van der Waals surface area contributed by atoms with Gasteiger partial charge in [-0.1, -0.05) is 39.0 Å². The van der Waals surface area contributed by atoms with Crippen molar-refractivity contribution in [1.82, 2.24) is 14.9 Å². The summed E-state index contributed by atoms with van der Waals surface area (Å²) in [6.07, 6.45) is 2.26. The maximum absolute atomic E-state index is 13.3. The predicted octanol–water partition coefficient (Wildman–Crippen LogP) is 2.30. The Morgan fingerprint density at radius 1 is 1.22 bits per heavy atom. The van der Waals surface area contributed by atoms with E-state index in [-0.39, 0.29) is 29.4 Å². The Morgan fingerprint density at radius 3 is 2.41 bits per heavy atom. The average molecular weight is 468 g/mol. The van der Waals surface area contributed by atoms with E-state index in [0.717, 1.165) is 19.3 Å². The lowest BCUT2D eigenvalue weighted by molar-refractivity contribution is -0.144. The normalized spacial score (nSPS) is 17.9. The molecule has 1 aliphatic rings. The Labute approximate surface area is 192 Å². The maximum atomic E-state index is 13.3. The van der Waals surface area contributed by atoms with Crippen molar-refractivity contribution in [2.45, 2.75) is 76.5 Å². The van der Waals surface area contributed by atoms with Crippen LogP contribution in [-0.4, -0.2) is 62.5 Å². The molecular weight excluding hydrogens is 430 g/mol. The first-order chi connectivity index (χ1) is 15.0. The van der Waals surface area contributed by atoms with Gasteiger partial charge in [-0.05, 0) is 51.2 Å². The van der Waals surface area contributed by atoms with Crippen molar-refractivity contribution in [3.05, 3.63) is 30.3 Å². The zero-order valence-corrected chi connectivity index (χ0v) is 20.6. The lowest BCUT2D eigenvalue weighted by atomic mass is 9.96. The third-order valence-corrected chi connectivity index (χ3v) is 7.21. The summed E-state index contributed by atoms with van der Waals surface area (Å²) in [5, 5.41) is 3.03. The Hall–Kier alpha value is -1.97. The fourth-order valence-corrected chi connectivity index (χ4v) is 4.62. The van der Waals surface area contributed by atoms with Crippen molar-refractivity contribution < 1.29 is 22.7 Å². The van der Waals surface area contributed by atoms with E-state index in [4.69, 9.17) is 4.74 Å². The van der Waals surface area contributed by atoms with Gasteiger partial charge in [-0.25, -0.2) is 13.1 Å². The van der Waals surface area contributed by atoms with Crippen molar-refractivity contribution in [3.8, 4) is 0 Å². The molecule has 0 spiro atoms. The summed E-state index contributed by atoms with van der Waals surface area (Å²) in [5.74, 6) is -0.869. The van der Waals surface area contributed by atoms with Gasteiger partial charge in [-0.2, -0.15) is 0 Å². The van der Waals surface area contributed by atoms with Crippen LogP contribution in [0.2, 0.25) is 0 Å². The largest absolute Gasteiger partial charge is 0.376 e. The standard InChI is InChI=1S/C23H37N3O5S/c1-6-23(4,5)25-22(28)21(17(2)3)26(16-18-11-10-14-31-18)20(27)15-24-32(29,30)19-12-8-7-9-13-19/h7-9,12-13,17-18,21,24H,6,10-11,14-16H2,1-5H3,(H,25,28)/t18-,21+/m0/s1. The molecule has 32 heavy (non-hydrogen) atoms. The van der Waals surface area contributed by atoms with Crippen molar-refractivity contribution in [3.63, 3.8) is 0 Å². The van der Waals surface area contributed by atoms with Gasteiger partial charge >= 0.3 is 0 Å². The van der Waals surface area contributed by atoms with Gasteiger partial charge in [0.2, 0.25) is 21.8 Å². The fourth-order valence-electron chi connectivity index (χ4n) is 3.62. The van der Waals surface area contributed by atoms with Crippen LogP contribution in [0.5, 0.6) is 0 Å². The molecule has 1 fully saturated rings. The van der Waals surface area contributed by atoms with Crippen molar-refractivity contribution in [2.75, 3.05) is 19.7 Å². The summed E-state index contributed by atoms with van der Waals surface area (Å²) in [4.78, 5) is 28.0. The van der Waals surface area contributed by atoms with Gasteiger partial charge in [0.25, 0.3) is 0 Å². The molecular formula is C23H37N3O5S. The SMILES string of the molecule is CCC(C)(C)NC(=O)[C@@H](C(C)C)N(C[C@@H]1CCCO1)C(=O)CNS(=O)(=O)c1ccccc1. The molecule has 0 bridgehead atoms. The van der Waals surface area contributed by atoms with Crippen molar-refractivity contribution in [2.24, 2.45) is 5.92 Å². The first kappa shape index (κ1) is 26.3. The van der Waals surface area contributed by atoms with E-state index in [1.54, 1.807) is 18.2 Å². The molecule has 8 nitrogen and oxygen atoms in total. The molecule has 2 amide bonds. The van der Waals surface area contributed by atoms with E-state index in [1.165, 1.54) is 17.0 Å². The fraction of sp³-hybridized carbons (Fsp3) is 0.652. The summed E-state index contributed by atoms with van der Waals surface area (Å²) in [6, 6.07) is 7.15. The van der Waals surface area contributed by atoms with Crippen molar-refractivity contribution >= 4 is 21.8 Å². The number of benzene rings is 1. The summed E-state index contributed by atoms with van der Waals surface area (Å²) in [5.41, 5.74) is -0.419. The van der Waals surface area contributed by atoms with E-state index in [9.17, 15) is 18.0 Å². The second-order valence-corrected chi connectivity index (χ2v) is 11.0. The third kappa shape index (κ3) is 7.28. The smallest absolute Gasteiger partial charge is 0.243 e. The molecule has 180 valence electrons. The number of nitrogens with one attached hydrogen (secondary N) is 2. The minimum Gasteiger partial charge on any atom is -0.376 e. The van der Waals surface area contributed by atoms with Gasteiger partial charge < -0.3 is 15.0 Å². The zero-order chi connectivity index (χ0) is 23.9. The first-order valence-corrected chi connectivity index (χ1v) is 12.7. The highest BCUT2D eigenvalue weighted by atomic mass is 32.2. The Kier molecular flexibility index (Phi) is 9.24. The number of ether oxygens (including phenoxy) is 1. The molecule has 2 N–H and O–H groups in total. The average Bonchev–Trinajstić information content (AvgIpc) is 3.25. The van der Waals surface area contributed by atoms with Crippen LogP contribution < -0.4 is 10.0 Å². The molecule has 1 saturated heterocycles. The second-order valence-electron chi connectivity index (χ2n) is 9.23. The van der Waals surface area contributed by atoms with E-state index >= 15 is 0 Å². The second kappa shape index (κ2) is 11.2. The lowest BCUT2D eigenvalue weighted by Gasteiger charge is -2.37. The third-order valence-electron chi connectivity index (χ3n) is 5.79. The van der Waals surface area contributed by atoms with Crippen LogP contribution >= 0.6 is 0 Å². The van der Waals surface area contributed by atoms with E-state index < -0.39 is 34.1 Å². The molecule has 1 aromatic carbocycles. The number of rotatable bonds is 11. The van der Waals surface area contributed by atoms with Crippen LogP contribution in [0.4, 0.5) is 0 Å². The minimum atomic E-state index is -3.84. The molecule has 0 aromatic heterocycles. The van der Waals surface area contributed by atoms with Gasteiger partial charge in [0.05, 0.1) is 17.5 Å². The van der Waals surface area contributed by atoms with Crippen LogP contribution in [-0.2, 0) is 24.3 Å². The maximum Gasteiger partial charge on any atom is 0.243 e. The number of amides is 2. The predicted molar refractivity (Wildman–Crippen MR) is 123 cm³/mol. The molecule has 0 aliphatic carbocycles. The van der Waals surface area contributed by atoms with E-state index in [0.29, 0.717) is 6.61 Å². The topological polar surface area (TPSA) is 105 Å². The van der Waals surface area contributed by atoms with Gasteiger partial charge in [-0.15, -0.1) is 0 Å². The Balaban J connectivity index is 2.23. The van der Waals surface area contributed by atoms with Gasteiger partial charge in [0.1, 0.15) is 6.04 Å². The van der Waals surface area contributed by atoms with Crippen LogP contribution in [0, 0.1) is 5.92 Å². The molecule has 9 heteroatoms. The van der Waals surface area contributed by atoms with Crippen LogP contribution in [0.1, 0.15) is 53.9 Å². The van der Waals surface area contributed by atoms with Gasteiger partial charge in [0.15, 0.2) is 0 Å². The summed E-state index contributed by atoms with van der Waals surface area (Å²) in [6.45, 7) is 10.0. The van der Waals surface area contributed by atoms with E-state index in [1.807, 2.05) is 34.6 Å². The molecule has 0 saturated carbocycles. The summed E-state index contributed by atoms with van der Waals surface area (Å²) < 4.78 is 33.3. The molecule has 2 atom stereocenters. The summed E-state index contributed by atoms with van der Waals surface area (Å²) in [7, 11) is -3.84. The molecule has 1 heterocycles. The molecule has 1 aliphatic heterocycles. The van der Waals surface area contributed by atoms with Gasteiger partial charge in [-0.3, -0.25) is 9.59 Å². The van der Waals surface area contributed by atoms with Crippen molar-refractivity contribution in [1.29, 1.82) is 0 Å². The number of carbonyl (C=O) groups excluding carboxylic acids is 2. The Bertz CT molecular complexity index is 865. The quantitative estimate of drug-likeness (QED) is 0.520. The number of hydrogen-bond acceptors (Lipinski definition) is 5. The van der Waals surface area contributed by atoms with Crippen LogP contribution in [0.25, 0.3) is 0 Å². The van der Waals surface area contributed by atoms with Crippen LogP contribution in [0.3, 0.4) is 0 Å². The highest BCUT2D eigenvalue weighted by molar-refractivity contribution is 7.89. The number of nitrogens with zero attached hydrogens (tertiary/aromatic N) is 1. The minimum absolute atomic E-state index is 0.0846. The lowest BCUT2D eigenvalue weighted by Crippen LogP contribution is -2.59. The highest BCUT2D eigenvalue weighted by Gasteiger charge is 2.36. The van der Waals surface area contributed by atoms with Gasteiger partial charge in [0, 0.05) is 18.7 Å². The molecule has 2 rings (SSSR count). The molecule has 1 aromatic rings.